The number of alkyl halides is 2. The van der Waals surface area contributed by atoms with Gasteiger partial charge in [0.2, 0.25) is 5.92 Å². The number of aromatic nitrogens is 2. The zero-order valence-electron chi connectivity index (χ0n) is 17.0. The SMILES string of the molecule is CC(C)(O)Cn1ncc(N2CC[C@@H](OC(=O)NC3CCC(F)(F)CC3)C2)c(Cl)c1=O. The van der Waals surface area contributed by atoms with Gasteiger partial charge >= 0.3 is 6.09 Å². The number of carbonyl (C=O) groups excluding carboxylic acids is 1. The normalized spacial score (nSPS) is 22.2. The second kappa shape index (κ2) is 8.66. The summed E-state index contributed by atoms with van der Waals surface area (Å²) in [5, 5.41) is 16.6. The molecule has 2 heterocycles. The fourth-order valence-electron chi connectivity index (χ4n) is 3.74. The molecule has 30 heavy (non-hydrogen) atoms. The van der Waals surface area contributed by atoms with Gasteiger partial charge in [-0.1, -0.05) is 11.6 Å². The number of alkyl carbamates (subject to hydrolysis) is 1. The molecule has 1 atom stereocenters. The Morgan fingerprint density at radius 3 is 2.70 bits per heavy atom. The number of rotatable bonds is 5. The highest BCUT2D eigenvalue weighted by Gasteiger charge is 2.36. The Bertz CT molecular complexity index is 833. The third-order valence-electron chi connectivity index (χ3n) is 5.30. The number of anilines is 1. The van der Waals surface area contributed by atoms with Crippen LogP contribution in [-0.2, 0) is 11.3 Å². The lowest BCUT2D eigenvalue weighted by Crippen LogP contribution is -2.42. The van der Waals surface area contributed by atoms with E-state index in [9.17, 15) is 23.5 Å². The predicted molar refractivity (Wildman–Crippen MR) is 107 cm³/mol. The number of nitrogens with one attached hydrogen (secondary N) is 1. The van der Waals surface area contributed by atoms with Gasteiger partial charge in [-0.25, -0.2) is 18.3 Å². The minimum absolute atomic E-state index is 0.00480. The topological polar surface area (TPSA) is 96.7 Å². The maximum absolute atomic E-state index is 13.2. The van der Waals surface area contributed by atoms with Gasteiger partial charge in [-0.2, -0.15) is 5.10 Å². The van der Waals surface area contributed by atoms with Crippen molar-refractivity contribution >= 4 is 23.4 Å². The third-order valence-corrected chi connectivity index (χ3v) is 5.66. The monoisotopic (exact) mass is 448 g/mol. The molecule has 0 radical (unpaired) electrons. The second-order valence-corrected chi connectivity index (χ2v) is 9.03. The first-order valence-electron chi connectivity index (χ1n) is 10.0. The summed E-state index contributed by atoms with van der Waals surface area (Å²) in [6.07, 6.45) is 0.938. The minimum atomic E-state index is -2.65. The average molecular weight is 449 g/mol. The van der Waals surface area contributed by atoms with Gasteiger partial charge < -0.3 is 20.1 Å². The highest BCUT2D eigenvalue weighted by Crippen LogP contribution is 2.33. The van der Waals surface area contributed by atoms with Crippen molar-refractivity contribution in [3.63, 3.8) is 0 Å². The maximum atomic E-state index is 13.2. The number of halogens is 3. The number of amides is 1. The summed E-state index contributed by atoms with van der Waals surface area (Å²) in [7, 11) is 0. The van der Waals surface area contributed by atoms with Crippen molar-refractivity contribution in [3.05, 3.63) is 21.6 Å². The molecule has 1 saturated carbocycles. The Balaban J connectivity index is 1.54. The number of carbonyl (C=O) groups is 1. The lowest BCUT2D eigenvalue weighted by Gasteiger charge is -2.28. The van der Waals surface area contributed by atoms with E-state index in [1.807, 2.05) is 4.90 Å². The van der Waals surface area contributed by atoms with Crippen LogP contribution in [-0.4, -0.2) is 57.7 Å². The van der Waals surface area contributed by atoms with Crippen molar-refractivity contribution in [2.45, 2.75) is 76.2 Å². The molecule has 11 heteroatoms. The van der Waals surface area contributed by atoms with E-state index in [2.05, 4.69) is 10.4 Å². The zero-order valence-corrected chi connectivity index (χ0v) is 17.8. The van der Waals surface area contributed by atoms with Crippen LogP contribution in [0.15, 0.2) is 11.0 Å². The Morgan fingerprint density at radius 2 is 2.07 bits per heavy atom. The van der Waals surface area contributed by atoms with Gasteiger partial charge in [-0.15, -0.1) is 0 Å². The molecule has 1 aliphatic carbocycles. The molecule has 1 aliphatic heterocycles. The largest absolute Gasteiger partial charge is 0.444 e. The van der Waals surface area contributed by atoms with Crippen LogP contribution >= 0.6 is 11.6 Å². The van der Waals surface area contributed by atoms with Crippen molar-refractivity contribution in [1.29, 1.82) is 0 Å². The molecule has 1 aromatic rings. The first-order chi connectivity index (χ1) is 13.9. The van der Waals surface area contributed by atoms with E-state index in [-0.39, 0.29) is 43.3 Å². The fraction of sp³-hybridized carbons (Fsp3) is 0.737. The molecular formula is C19H27ClF2N4O4. The van der Waals surface area contributed by atoms with Gasteiger partial charge in [-0.05, 0) is 26.7 Å². The first kappa shape index (κ1) is 22.7. The molecule has 0 bridgehead atoms. The smallest absolute Gasteiger partial charge is 0.407 e. The zero-order chi connectivity index (χ0) is 22.1. The third kappa shape index (κ3) is 5.81. The molecule has 8 nitrogen and oxygen atoms in total. The Morgan fingerprint density at radius 1 is 1.40 bits per heavy atom. The van der Waals surface area contributed by atoms with Crippen LogP contribution in [0.25, 0.3) is 0 Å². The highest BCUT2D eigenvalue weighted by molar-refractivity contribution is 6.33. The Hall–Kier alpha value is -1.94. The van der Waals surface area contributed by atoms with Crippen molar-refractivity contribution in [3.8, 4) is 0 Å². The van der Waals surface area contributed by atoms with E-state index >= 15 is 0 Å². The van der Waals surface area contributed by atoms with Gasteiger partial charge in [0.1, 0.15) is 11.1 Å². The molecule has 1 saturated heterocycles. The van der Waals surface area contributed by atoms with E-state index in [4.69, 9.17) is 16.3 Å². The summed E-state index contributed by atoms with van der Waals surface area (Å²) in [6.45, 7) is 3.99. The highest BCUT2D eigenvalue weighted by atomic mass is 35.5. The average Bonchev–Trinajstić information content (AvgIpc) is 3.08. The molecular weight excluding hydrogens is 422 g/mol. The summed E-state index contributed by atoms with van der Waals surface area (Å²) < 4.78 is 33.0. The number of hydrogen-bond acceptors (Lipinski definition) is 6. The summed E-state index contributed by atoms with van der Waals surface area (Å²) in [4.78, 5) is 26.4. The molecule has 168 valence electrons. The van der Waals surface area contributed by atoms with Gasteiger partial charge in [0.25, 0.3) is 5.56 Å². The van der Waals surface area contributed by atoms with Crippen LogP contribution in [0.1, 0.15) is 46.0 Å². The van der Waals surface area contributed by atoms with E-state index in [0.717, 1.165) is 4.68 Å². The van der Waals surface area contributed by atoms with Crippen LogP contribution in [0, 0.1) is 0 Å². The van der Waals surface area contributed by atoms with E-state index in [1.54, 1.807) is 13.8 Å². The van der Waals surface area contributed by atoms with Crippen LogP contribution in [0.3, 0.4) is 0 Å². The summed E-state index contributed by atoms with van der Waals surface area (Å²) in [6, 6.07) is -0.309. The molecule has 2 fully saturated rings. The van der Waals surface area contributed by atoms with Crippen LogP contribution in [0.4, 0.5) is 19.3 Å². The second-order valence-electron chi connectivity index (χ2n) is 8.66. The molecule has 1 amide bonds. The van der Waals surface area contributed by atoms with Gasteiger partial charge in [0, 0.05) is 31.8 Å². The summed E-state index contributed by atoms with van der Waals surface area (Å²) in [5.41, 5.74) is -1.18. The maximum Gasteiger partial charge on any atom is 0.407 e. The molecule has 1 aromatic heterocycles. The van der Waals surface area contributed by atoms with Crippen LogP contribution in [0.5, 0.6) is 0 Å². The van der Waals surface area contributed by atoms with Gasteiger partial charge in [0.15, 0.2) is 0 Å². The van der Waals surface area contributed by atoms with Crippen LogP contribution in [0.2, 0.25) is 5.02 Å². The van der Waals surface area contributed by atoms with Crippen molar-refractivity contribution in [2.24, 2.45) is 0 Å². The van der Waals surface area contributed by atoms with E-state index in [1.165, 1.54) is 6.20 Å². The first-order valence-corrected chi connectivity index (χ1v) is 10.4. The van der Waals surface area contributed by atoms with Crippen molar-refractivity contribution in [2.75, 3.05) is 18.0 Å². The Kier molecular flexibility index (Phi) is 6.57. The summed E-state index contributed by atoms with van der Waals surface area (Å²) in [5.74, 6) is -2.65. The molecule has 3 rings (SSSR count). The number of hydrogen-bond donors (Lipinski definition) is 2. The van der Waals surface area contributed by atoms with E-state index in [0.29, 0.717) is 25.2 Å². The lowest BCUT2D eigenvalue weighted by molar-refractivity contribution is -0.0406. The van der Waals surface area contributed by atoms with Crippen molar-refractivity contribution in [1.82, 2.24) is 15.1 Å². The minimum Gasteiger partial charge on any atom is -0.444 e. The molecule has 0 unspecified atom stereocenters. The van der Waals surface area contributed by atoms with Crippen molar-refractivity contribution < 1.29 is 23.4 Å². The molecule has 0 aromatic carbocycles. The van der Waals surface area contributed by atoms with Crippen LogP contribution < -0.4 is 15.8 Å². The van der Waals surface area contributed by atoms with Gasteiger partial charge in [-0.3, -0.25) is 4.79 Å². The summed E-state index contributed by atoms with van der Waals surface area (Å²) >= 11 is 6.23. The lowest BCUT2D eigenvalue weighted by atomic mass is 9.92. The van der Waals surface area contributed by atoms with Gasteiger partial charge in [0.05, 0.1) is 30.6 Å². The predicted octanol–water partition coefficient (Wildman–Crippen LogP) is 2.55. The molecule has 2 N–H and O–H groups in total. The Labute approximate surface area is 178 Å². The molecule has 2 aliphatic rings. The number of ether oxygens (including phenoxy) is 1. The fourth-order valence-corrected chi connectivity index (χ4v) is 4.00. The standard InChI is InChI=1S/C19H27ClF2N4O4/c1-18(2,29)11-26-16(27)15(20)14(9-23-26)25-8-5-13(10-25)30-17(28)24-12-3-6-19(21,22)7-4-12/h9,12-13,29H,3-8,10-11H2,1-2H3,(H,24,28)/t13-/m1/s1. The molecule has 0 spiro atoms. The quantitative estimate of drug-likeness (QED) is 0.718. The van der Waals surface area contributed by atoms with E-state index < -0.39 is 29.3 Å². The number of aliphatic hydroxyl groups is 1. The number of nitrogens with zero attached hydrogens (tertiary/aromatic N) is 3.